The smallest absolute Gasteiger partial charge is 0.241 e. The van der Waals surface area contributed by atoms with Crippen LogP contribution in [0.4, 0.5) is 5.69 Å². The Bertz CT molecular complexity index is 494. The number of nitrogens with one attached hydrogen (secondary N) is 1. The first kappa shape index (κ1) is 16.3. The number of ether oxygens (including phenoxy) is 1. The van der Waals surface area contributed by atoms with Crippen molar-refractivity contribution in [1.29, 1.82) is 0 Å². The van der Waals surface area contributed by atoms with E-state index in [9.17, 15) is 9.59 Å². The number of anilines is 1. The normalized spacial score (nSPS) is 11.8. The van der Waals surface area contributed by atoms with Crippen LogP contribution in [-0.4, -0.2) is 24.5 Å². The molecule has 20 heavy (non-hydrogen) atoms. The number of halogens is 1. The molecule has 0 aliphatic heterocycles. The number of benzene rings is 1. The van der Waals surface area contributed by atoms with E-state index in [2.05, 4.69) is 5.32 Å². The van der Waals surface area contributed by atoms with Crippen molar-refractivity contribution in [3.8, 4) is 5.75 Å². The van der Waals surface area contributed by atoms with Crippen molar-refractivity contribution in [3.63, 3.8) is 0 Å². The van der Waals surface area contributed by atoms with E-state index in [0.717, 1.165) is 6.42 Å². The number of hydrogen-bond acceptors (Lipinski definition) is 4. The molecule has 0 aliphatic carbocycles. The molecular weight excluding hydrogens is 282 g/mol. The van der Waals surface area contributed by atoms with E-state index in [1.165, 1.54) is 0 Å². The first-order valence-electron chi connectivity index (χ1n) is 6.21. The Balaban J connectivity index is 2.81. The lowest BCUT2D eigenvalue weighted by Crippen LogP contribution is -2.39. The Morgan fingerprint density at radius 2 is 2.15 bits per heavy atom. The average Bonchev–Trinajstić information content (AvgIpc) is 2.37. The molecule has 2 amide bonds. The molecule has 0 bridgehead atoms. The number of carbonyl (C=O) groups is 2. The summed E-state index contributed by atoms with van der Waals surface area (Å²) in [5, 5.41) is 3.04. The zero-order valence-corrected chi connectivity index (χ0v) is 11.9. The number of nitrogens with two attached hydrogens (primary N) is 2. The van der Waals surface area contributed by atoms with Gasteiger partial charge in [0.15, 0.2) is 0 Å². The maximum absolute atomic E-state index is 11.8. The molecule has 5 N–H and O–H groups in total. The summed E-state index contributed by atoms with van der Waals surface area (Å²) in [4.78, 5) is 22.6. The number of carbonyl (C=O) groups excluding carboxylic acids is 2. The molecule has 1 unspecified atom stereocenters. The van der Waals surface area contributed by atoms with Crippen LogP contribution in [0.25, 0.3) is 0 Å². The zero-order valence-electron chi connectivity index (χ0n) is 11.2. The standard InChI is InChI=1S/C13H18ClN3O3/c1-2-5-20-11-4-3-8(14)6-10(11)17-13(19)9(15)7-12(16)18/h3-4,6,9H,2,5,7,15H2,1H3,(H2,16,18)(H,17,19). The zero-order chi connectivity index (χ0) is 15.1. The lowest BCUT2D eigenvalue weighted by Gasteiger charge is -2.15. The summed E-state index contributed by atoms with van der Waals surface area (Å²) in [6.07, 6.45) is 0.606. The van der Waals surface area contributed by atoms with Gasteiger partial charge in [0, 0.05) is 5.02 Å². The highest BCUT2D eigenvalue weighted by Gasteiger charge is 2.17. The molecule has 0 heterocycles. The molecule has 7 heteroatoms. The Kier molecular flexibility index (Phi) is 6.27. The van der Waals surface area contributed by atoms with E-state index >= 15 is 0 Å². The second-order valence-electron chi connectivity index (χ2n) is 4.26. The fourth-order valence-electron chi connectivity index (χ4n) is 1.47. The molecule has 1 atom stereocenters. The van der Waals surface area contributed by atoms with Crippen LogP contribution in [0, 0.1) is 0 Å². The molecule has 0 saturated carbocycles. The Morgan fingerprint density at radius 3 is 2.75 bits per heavy atom. The SMILES string of the molecule is CCCOc1ccc(Cl)cc1NC(=O)C(N)CC(N)=O. The monoisotopic (exact) mass is 299 g/mol. The van der Waals surface area contributed by atoms with Gasteiger partial charge >= 0.3 is 0 Å². The van der Waals surface area contributed by atoms with E-state index in [4.69, 9.17) is 27.8 Å². The van der Waals surface area contributed by atoms with Gasteiger partial charge in [-0.15, -0.1) is 0 Å². The van der Waals surface area contributed by atoms with E-state index in [1.54, 1.807) is 18.2 Å². The largest absolute Gasteiger partial charge is 0.491 e. The molecule has 110 valence electrons. The lowest BCUT2D eigenvalue weighted by molar-refractivity contribution is -0.123. The topological polar surface area (TPSA) is 107 Å². The van der Waals surface area contributed by atoms with Gasteiger partial charge in [-0.3, -0.25) is 9.59 Å². The molecule has 0 spiro atoms. The molecule has 0 radical (unpaired) electrons. The van der Waals surface area contributed by atoms with Crippen molar-refractivity contribution in [1.82, 2.24) is 0 Å². The number of rotatable bonds is 7. The molecule has 1 aromatic carbocycles. The van der Waals surface area contributed by atoms with Crippen LogP contribution in [0.5, 0.6) is 5.75 Å². The molecule has 0 aromatic heterocycles. The van der Waals surface area contributed by atoms with E-state index in [1.807, 2.05) is 6.92 Å². The lowest BCUT2D eigenvalue weighted by atomic mass is 10.2. The minimum absolute atomic E-state index is 0.225. The molecule has 0 fully saturated rings. The molecule has 1 rings (SSSR count). The Labute approximate surface area is 122 Å². The molecule has 6 nitrogen and oxygen atoms in total. The predicted molar refractivity (Wildman–Crippen MR) is 77.7 cm³/mol. The summed E-state index contributed by atoms with van der Waals surface area (Å²) >= 11 is 5.89. The molecule has 0 saturated heterocycles. The van der Waals surface area contributed by atoms with Crippen LogP contribution >= 0.6 is 11.6 Å². The number of primary amides is 1. The summed E-state index contributed by atoms with van der Waals surface area (Å²) in [6.45, 7) is 2.48. The van der Waals surface area contributed by atoms with Gasteiger partial charge in [0.2, 0.25) is 11.8 Å². The Morgan fingerprint density at radius 1 is 1.45 bits per heavy atom. The highest BCUT2D eigenvalue weighted by Crippen LogP contribution is 2.28. The van der Waals surface area contributed by atoms with Crippen molar-refractivity contribution in [2.45, 2.75) is 25.8 Å². The van der Waals surface area contributed by atoms with Crippen molar-refractivity contribution in [3.05, 3.63) is 23.2 Å². The highest BCUT2D eigenvalue weighted by molar-refractivity contribution is 6.31. The Hall–Kier alpha value is -1.79. The van der Waals surface area contributed by atoms with Crippen LogP contribution in [0.1, 0.15) is 19.8 Å². The van der Waals surface area contributed by atoms with E-state index in [0.29, 0.717) is 23.1 Å². The van der Waals surface area contributed by atoms with Crippen molar-refractivity contribution in [2.75, 3.05) is 11.9 Å². The van der Waals surface area contributed by atoms with Crippen LogP contribution in [-0.2, 0) is 9.59 Å². The summed E-state index contributed by atoms with van der Waals surface area (Å²) in [6, 6.07) is 3.87. The van der Waals surface area contributed by atoms with Gasteiger partial charge in [-0.1, -0.05) is 18.5 Å². The molecular formula is C13H18ClN3O3. The van der Waals surface area contributed by atoms with Gasteiger partial charge in [-0.2, -0.15) is 0 Å². The fraction of sp³-hybridized carbons (Fsp3) is 0.385. The number of hydrogen-bond donors (Lipinski definition) is 3. The third kappa shape index (κ3) is 5.07. The first-order chi connectivity index (χ1) is 9.43. The minimum atomic E-state index is -1.01. The van der Waals surface area contributed by atoms with Crippen LogP contribution in [0.15, 0.2) is 18.2 Å². The van der Waals surface area contributed by atoms with Gasteiger partial charge in [0.25, 0.3) is 0 Å². The maximum Gasteiger partial charge on any atom is 0.241 e. The number of amides is 2. The van der Waals surface area contributed by atoms with Crippen molar-refractivity contribution in [2.24, 2.45) is 11.5 Å². The maximum atomic E-state index is 11.8. The fourth-order valence-corrected chi connectivity index (χ4v) is 1.64. The second-order valence-corrected chi connectivity index (χ2v) is 4.69. The predicted octanol–water partition coefficient (Wildman–Crippen LogP) is 1.27. The van der Waals surface area contributed by atoms with Crippen molar-refractivity contribution < 1.29 is 14.3 Å². The van der Waals surface area contributed by atoms with Crippen molar-refractivity contribution >= 4 is 29.1 Å². The van der Waals surface area contributed by atoms with Crippen LogP contribution < -0.4 is 21.5 Å². The van der Waals surface area contributed by atoms with Gasteiger partial charge in [-0.05, 0) is 24.6 Å². The summed E-state index contributed by atoms with van der Waals surface area (Å²) in [5.74, 6) is -0.663. The summed E-state index contributed by atoms with van der Waals surface area (Å²) in [7, 11) is 0. The first-order valence-corrected chi connectivity index (χ1v) is 6.59. The molecule has 1 aromatic rings. The average molecular weight is 300 g/mol. The minimum Gasteiger partial charge on any atom is -0.491 e. The second kappa shape index (κ2) is 7.72. The van der Waals surface area contributed by atoms with Gasteiger partial charge in [-0.25, -0.2) is 0 Å². The van der Waals surface area contributed by atoms with Crippen LogP contribution in [0.2, 0.25) is 5.02 Å². The highest BCUT2D eigenvalue weighted by atomic mass is 35.5. The quantitative estimate of drug-likeness (QED) is 0.704. The van der Waals surface area contributed by atoms with Gasteiger partial charge in [0.1, 0.15) is 5.75 Å². The molecule has 0 aliphatic rings. The third-order valence-electron chi connectivity index (χ3n) is 2.42. The van der Waals surface area contributed by atoms with E-state index in [-0.39, 0.29) is 6.42 Å². The summed E-state index contributed by atoms with van der Waals surface area (Å²) in [5.41, 5.74) is 11.0. The van der Waals surface area contributed by atoms with E-state index < -0.39 is 17.9 Å². The van der Waals surface area contributed by atoms with Crippen LogP contribution in [0.3, 0.4) is 0 Å². The van der Waals surface area contributed by atoms with Gasteiger partial charge < -0.3 is 21.5 Å². The van der Waals surface area contributed by atoms with Gasteiger partial charge in [0.05, 0.1) is 24.8 Å². The third-order valence-corrected chi connectivity index (χ3v) is 2.65. The summed E-state index contributed by atoms with van der Waals surface area (Å²) < 4.78 is 5.50.